The van der Waals surface area contributed by atoms with Crippen molar-refractivity contribution in [2.75, 3.05) is 13.3 Å². The van der Waals surface area contributed by atoms with Crippen molar-refractivity contribution in [2.45, 2.75) is 0 Å². The molecule has 0 saturated heterocycles. The summed E-state index contributed by atoms with van der Waals surface area (Å²) >= 11 is 0. The standard InChI is InChI=1S/C2H7NO2P2/c1-6(4)3-7(2)5/h1-2H3,(H,3,4,5)/q+2. The summed E-state index contributed by atoms with van der Waals surface area (Å²) < 4.78 is 20.2. The lowest BCUT2D eigenvalue weighted by atomic mass is 12.0. The zero-order chi connectivity index (χ0) is 5.86. The van der Waals surface area contributed by atoms with Crippen LogP contribution in [0.5, 0.6) is 0 Å². The van der Waals surface area contributed by atoms with Gasteiger partial charge in [0, 0.05) is 0 Å². The van der Waals surface area contributed by atoms with Crippen LogP contribution in [0.3, 0.4) is 0 Å². The van der Waals surface area contributed by atoms with Crippen molar-refractivity contribution >= 4 is 15.9 Å². The zero-order valence-electron chi connectivity index (χ0n) is 4.21. The summed E-state index contributed by atoms with van der Waals surface area (Å²) in [7, 11) is -2.85. The van der Waals surface area contributed by atoms with Crippen LogP contribution in [0.15, 0.2) is 0 Å². The van der Waals surface area contributed by atoms with Crippen molar-refractivity contribution in [3.63, 3.8) is 0 Å². The summed E-state index contributed by atoms with van der Waals surface area (Å²) in [6, 6.07) is 0. The van der Waals surface area contributed by atoms with Gasteiger partial charge in [-0.15, -0.1) is 0 Å². The zero-order valence-corrected chi connectivity index (χ0v) is 6.00. The SMILES string of the molecule is C[P+](=O)N[P+](C)=O. The summed E-state index contributed by atoms with van der Waals surface area (Å²) in [5, 5.41) is 0. The van der Waals surface area contributed by atoms with E-state index in [0.717, 1.165) is 0 Å². The van der Waals surface area contributed by atoms with Gasteiger partial charge in [0.2, 0.25) is 0 Å². The van der Waals surface area contributed by atoms with E-state index < -0.39 is 15.9 Å². The van der Waals surface area contributed by atoms with Gasteiger partial charge in [-0.25, -0.2) is 0 Å². The average Bonchev–Trinajstić information content (AvgIpc) is 1.27. The van der Waals surface area contributed by atoms with Crippen LogP contribution < -0.4 is 4.86 Å². The molecule has 40 valence electrons. The minimum atomic E-state index is -1.42. The van der Waals surface area contributed by atoms with Gasteiger partial charge in [0.05, 0.1) is 0 Å². The Bertz CT molecular complexity index is 89.9. The van der Waals surface area contributed by atoms with Gasteiger partial charge in [-0.2, -0.15) is 0 Å². The highest BCUT2D eigenvalue weighted by Crippen LogP contribution is 2.19. The van der Waals surface area contributed by atoms with E-state index in [1.165, 1.54) is 13.3 Å². The Morgan fingerprint density at radius 3 is 1.43 bits per heavy atom. The second-order valence-corrected chi connectivity index (χ2v) is 3.88. The van der Waals surface area contributed by atoms with Crippen LogP contribution in [0.1, 0.15) is 0 Å². The molecule has 7 heavy (non-hydrogen) atoms. The number of hydrogen-bond donors (Lipinski definition) is 1. The molecule has 0 spiro atoms. The van der Waals surface area contributed by atoms with Crippen molar-refractivity contribution in [3.05, 3.63) is 0 Å². The minimum Gasteiger partial charge on any atom is -0.0468 e. The average molecular weight is 139 g/mol. The van der Waals surface area contributed by atoms with Crippen LogP contribution in [0.4, 0.5) is 0 Å². The molecular weight excluding hydrogens is 132 g/mol. The lowest BCUT2D eigenvalue weighted by Crippen LogP contribution is -1.83. The Balaban J connectivity index is 3.32. The van der Waals surface area contributed by atoms with Crippen molar-refractivity contribution < 1.29 is 9.13 Å². The third-order valence-corrected chi connectivity index (χ3v) is 2.53. The van der Waals surface area contributed by atoms with E-state index in [9.17, 15) is 9.13 Å². The maximum atomic E-state index is 10.1. The lowest BCUT2D eigenvalue weighted by Gasteiger charge is -1.59. The molecule has 0 aromatic rings. The summed E-state index contributed by atoms with van der Waals surface area (Å²) in [5.41, 5.74) is 0. The monoisotopic (exact) mass is 139 g/mol. The second-order valence-electron chi connectivity index (χ2n) is 1.09. The van der Waals surface area contributed by atoms with E-state index in [-0.39, 0.29) is 0 Å². The molecule has 2 unspecified atom stereocenters. The Morgan fingerprint density at radius 2 is 1.43 bits per heavy atom. The molecule has 0 heterocycles. The highest BCUT2D eigenvalue weighted by atomic mass is 31.2. The first-order valence-electron chi connectivity index (χ1n) is 1.71. The molecule has 2 atom stereocenters. The first kappa shape index (κ1) is 7.16. The number of rotatable bonds is 2. The largest absolute Gasteiger partial charge is 0.472 e. The molecule has 0 radical (unpaired) electrons. The van der Waals surface area contributed by atoms with Gasteiger partial charge >= 0.3 is 15.9 Å². The fourth-order valence-corrected chi connectivity index (χ4v) is 1.78. The molecule has 0 saturated carbocycles. The van der Waals surface area contributed by atoms with E-state index in [1.807, 2.05) is 0 Å². The highest BCUT2D eigenvalue weighted by Gasteiger charge is 2.17. The van der Waals surface area contributed by atoms with Crippen molar-refractivity contribution in [1.82, 2.24) is 4.86 Å². The maximum absolute atomic E-state index is 10.1. The quantitative estimate of drug-likeness (QED) is 0.586. The molecular formula is C2H7NO2P2+2. The number of nitrogens with one attached hydrogen (secondary N) is 1. The molecule has 3 nitrogen and oxygen atoms in total. The molecule has 0 bridgehead atoms. The predicted octanol–water partition coefficient (Wildman–Crippen LogP) is 1.32. The van der Waals surface area contributed by atoms with Gasteiger partial charge < -0.3 is 0 Å². The van der Waals surface area contributed by atoms with E-state index in [1.54, 1.807) is 0 Å². The fourth-order valence-electron chi connectivity index (χ4n) is 0.198. The second kappa shape index (κ2) is 3.20. The fraction of sp³-hybridized carbons (Fsp3) is 1.00. The van der Waals surface area contributed by atoms with E-state index in [0.29, 0.717) is 0 Å². The van der Waals surface area contributed by atoms with Gasteiger partial charge in [0.25, 0.3) is 0 Å². The minimum absolute atomic E-state index is 1.42. The molecule has 0 aliphatic carbocycles. The number of hydrogen-bond acceptors (Lipinski definition) is 2. The third kappa shape index (κ3) is 6.16. The Hall–Kier alpha value is 0.160. The Morgan fingerprint density at radius 1 is 1.14 bits per heavy atom. The van der Waals surface area contributed by atoms with Crippen LogP contribution in [0.2, 0.25) is 0 Å². The third-order valence-electron chi connectivity index (χ3n) is 0.282. The predicted molar refractivity (Wildman–Crippen MR) is 30.2 cm³/mol. The molecule has 5 heteroatoms. The van der Waals surface area contributed by atoms with E-state index in [2.05, 4.69) is 4.86 Å². The normalized spacial score (nSPS) is 13.4. The molecule has 1 N–H and O–H groups in total. The van der Waals surface area contributed by atoms with Crippen LogP contribution in [0, 0.1) is 0 Å². The summed E-state index contributed by atoms with van der Waals surface area (Å²) in [5.74, 6) is 0. The first-order valence-corrected chi connectivity index (χ1v) is 5.12. The van der Waals surface area contributed by atoms with Crippen LogP contribution in [0.25, 0.3) is 0 Å². The highest BCUT2D eigenvalue weighted by molar-refractivity contribution is 7.57. The Labute approximate surface area is 44.2 Å². The van der Waals surface area contributed by atoms with E-state index in [4.69, 9.17) is 0 Å². The van der Waals surface area contributed by atoms with Gasteiger partial charge in [-0.3, -0.25) is 0 Å². The first-order chi connectivity index (χ1) is 3.13. The Kier molecular flexibility index (Phi) is 3.27. The summed E-state index contributed by atoms with van der Waals surface area (Å²) in [4.78, 5) is 2.32. The molecule has 0 aliphatic heterocycles. The molecule has 0 rings (SSSR count). The molecule has 0 fully saturated rings. The summed E-state index contributed by atoms with van der Waals surface area (Å²) in [6.07, 6.45) is 0. The lowest BCUT2D eigenvalue weighted by molar-refractivity contribution is 0.580. The van der Waals surface area contributed by atoms with E-state index >= 15 is 0 Å². The van der Waals surface area contributed by atoms with Crippen LogP contribution in [-0.2, 0) is 9.13 Å². The maximum Gasteiger partial charge on any atom is 0.472 e. The van der Waals surface area contributed by atoms with Crippen molar-refractivity contribution in [1.29, 1.82) is 0 Å². The van der Waals surface area contributed by atoms with Crippen molar-refractivity contribution in [3.8, 4) is 0 Å². The van der Waals surface area contributed by atoms with Crippen LogP contribution in [-0.4, -0.2) is 13.3 Å². The van der Waals surface area contributed by atoms with Gasteiger partial charge in [-0.1, -0.05) is 0 Å². The topological polar surface area (TPSA) is 46.2 Å². The smallest absolute Gasteiger partial charge is 0.0468 e. The van der Waals surface area contributed by atoms with Gasteiger partial charge in [-0.05, 0) is 9.13 Å². The summed E-state index contributed by atoms with van der Waals surface area (Å²) in [6.45, 7) is 2.96. The molecule has 0 aliphatic rings. The van der Waals surface area contributed by atoms with Gasteiger partial charge in [0.1, 0.15) is 4.86 Å². The molecule has 0 aromatic carbocycles. The van der Waals surface area contributed by atoms with Gasteiger partial charge in [0.15, 0.2) is 13.3 Å². The van der Waals surface area contributed by atoms with Crippen LogP contribution >= 0.6 is 15.9 Å². The molecule has 0 amide bonds. The van der Waals surface area contributed by atoms with Crippen molar-refractivity contribution in [2.24, 2.45) is 0 Å². The molecule has 0 aromatic heterocycles.